The highest BCUT2D eigenvalue weighted by atomic mass is 15.1. The van der Waals surface area contributed by atoms with Crippen LogP contribution < -0.4 is 0 Å². The molecule has 0 aromatic rings. The SMILES string of the molecule is C=C(C)CCN(C)CCCCC. The van der Waals surface area contributed by atoms with Crippen molar-refractivity contribution in [3.05, 3.63) is 12.2 Å². The number of hydrogen-bond acceptors (Lipinski definition) is 1. The van der Waals surface area contributed by atoms with Gasteiger partial charge in [0.1, 0.15) is 0 Å². The second kappa shape index (κ2) is 7.35. The van der Waals surface area contributed by atoms with Crippen molar-refractivity contribution in [2.45, 2.75) is 39.5 Å². The van der Waals surface area contributed by atoms with Gasteiger partial charge < -0.3 is 4.90 Å². The maximum Gasteiger partial charge on any atom is 0.00153 e. The fourth-order valence-corrected chi connectivity index (χ4v) is 1.13. The minimum Gasteiger partial charge on any atom is -0.306 e. The van der Waals surface area contributed by atoms with Gasteiger partial charge in [0.15, 0.2) is 0 Å². The number of hydrogen-bond donors (Lipinski definition) is 0. The monoisotopic (exact) mass is 169 g/mol. The quantitative estimate of drug-likeness (QED) is 0.418. The van der Waals surface area contributed by atoms with Crippen molar-refractivity contribution in [3.63, 3.8) is 0 Å². The average Bonchev–Trinajstić information content (AvgIpc) is 2.01. The van der Waals surface area contributed by atoms with Crippen LogP contribution in [0, 0.1) is 0 Å². The molecule has 0 aliphatic rings. The molecule has 0 amide bonds. The fourth-order valence-electron chi connectivity index (χ4n) is 1.13. The Morgan fingerprint density at radius 3 is 2.42 bits per heavy atom. The van der Waals surface area contributed by atoms with Crippen molar-refractivity contribution in [3.8, 4) is 0 Å². The minimum absolute atomic E-state index is 1.14. The molecule has 1 heteroatoms. The third kappa shape index (κ3) is 7.80. The van der Waals surface area contributed by atoms with Gasteiger partial charge in [-0.3, -0.25) is 0 Å². The molecule has 0 aliphatic carbocycles. The number of rotatable bonds is 7. The molecule has 0 aromatic heterocycles. The van der Waals surface area contributed by atoms with Crippen molar-refractivity contribution in [1.82, 2.24) is 4.90 Å². The highest BCUT2D eigenvalue weighted by molar-refractivity contribution is 4.88. The van der Waals surface area contributed by atoms with Gasteiger partial charge in [-0.2, -0.15) is 0 Å². The van der Waals surface area contributed by atoms with Crippen LogP contribution in [0.3, 0.4) is 0 Å². The molecule has 0 saturated carbocycles. The van der Waals surface area contributed by atoms with Crippen LogP contribution in [0.15, 0.2) is 12.2 Å². The summed E-state index contributed by atoms with van der Waals surface area (Å²) in [5.74, 6) is 0. The van der Waals surface area contributed by atoms with E-state index in [4.69, 9.17) is 0 Å². The van der Waals surface area contributed by atoms with Crippen LogP contribution in [-0.2, 0) is 0 Å². The van der Waals surface area contributed by atoms with Gasteiger partial charge in [0.25, 0.3) is 0 Å². The minimum atomic E-state index is 1.14. The largest absolute Gasteiger partial charge is 0.306 e. The Bertz CT molecular complexity index is 118. The van der Waals surface area contributed by atoms with Crippen LogP contribution in [0.2, 0.25) is 0 Å². The zero-order chi connectivity index (χ0) is 9.40. The van der Waals surface area contributed by atoms with Crippen LogP contribution in [0.5, 0.6) is 0 Å². The Labute approximate surface area is 77.5 Å². The summed E-state index contributed by atoms with van der Waals surface area (Å²) in [7, 11) is 2.19. The van der Waals surface area contributed by atoms with E-state index in [-0.39, 0.29) is 0 Å². The van der Waals surface area contributed by atoms with Crippen molar-refractivity contribution < 1.29 is 0 Å². The van der Waals surface area contributed by atoms with E-state index in [1.807, 2.05) is 0 Å². The van der Waals surface area contributed by atoms with E-state index in [2.05, 4.69) is 32.4 Å². The summed E-state index contributed by atoms with van der Waals surface area (Å²) >= 11 is 0. The summed E-state index contributed by atoms with van der Waals surface area (Å²) < 4.78 is 0. The maximum atomic E-state index is 3.90. The molecule has 1 nitrogen and oxygen atoms in total. The molecule has 0 spiro atoms. The third-order valence-electron chi connectivity index (χ3n) is 2.06. The first kappa shape index (κ1) is 11.7. The first-order chi connectivity index (χ1) is 5.66. The van der Waals surface area contributed by atoms with E-state index in [1.165, 1.54) is 37.9 Å². The van der Waals surface area contributed by atoms with E-state index in [0.29, 0.717) is 0 Å². The lowest BCUT2D eigenvalue weighted by molar-refractivity contribution is 0.329. The predicted octanol–water partition coefficient (Wildman–Crippen LogP) is 3.07. The highest BCUT2D eigenvalue weighted by Gasteiger charge is 1.96. The Kier molecular flexibility index (Phi) is 7.17. The number of nitrogens with zero attached hydrogens (tertiary/aromatic N) is 1. The first-order valence-electron chi connectivity index (χ1n) is 4.99. The average molecular weight is 169 g/mol. The second-order valence-electron chi connectivity index (χ2n) is 3.72. The molecule has 0 rings (SSSR count). The molecule has 0 aliphatic heterocycles. The molecule has 72 valence electrons. The molecule has 0 saturated heterocycles. The topological polar surface area (TPSA) is 3.24 Å². The molecule has 0 bridgehead atoms. The van der Waals surface area contributed by atoms with Gasteiger partial charge in [-0.05, 0) is 33.4 Å². The van der Waals surface area contributed by atoms with Crippen LogP contribution >= 0.6 is 0 Å². The van der Waals surface area contributed by atoms with Crippen LogP contribution in [0.1, 0.15) is 39.5 Å². The Morgan fingerprint density at radius 2 is 1.92 bits per heavy atom. The zero-order valence-corrected chi connectivity index (χ0v) is 8.90. The van der Waals surface area contributed by atoms with Crippen LogP contribution in [0.25, 0.3) is 0 Å². The molecule has 12 heavy (non-hydrogen) atoms. The first-order valence-corrected chi connectivity index (χ1v) is 4.99. The molecule has 0 aromatic carbocycles. The summed E-state index contributed by atoms with van der Waals surface area (Å²) in [4.78, 5) is 2.39. The molecule has 0 N–H and O–H groups in total. The molecule has 0 fully saturated rings. The van der Waals surface area contributed by atoms with Crippen molar-refractivity contribution in [1.29, 1.82) is 0 Å². The normalized spacial score (nSPS) is 10.7. The molecule has 0 unspecified atom stereocenters. The van der Waals surface area contributed by atoms with Crippen LogP contribution in [-0.4, -0.2) is 25.0 Å². The summed E-state index contributed by atoms with van der Waals surface area (Å²) in [5.41, 5.74) is 1.29. The van der Waals surface area contributed by atoms with Gasteiger partial charge in [0.05, 0.1) is 0 Å². The maximum absolute atomic E-state index is 3.90. The molecular weight excluding hydrogens is 146 g/mol. The van der Waals surface area contributed by atoms with Gasteiger partial charge in [-0.1, -0.05) is 25.3 Å². The Balaban J connectivity index is 3.21. The van der Waals surface area contributed by atoms with E-state index in [1.54, 1.807) is 0 Å². The lowest BCUT2D eigenvalue weighted by Crippen LogP contribution is -2.20. The standard InChI is InChI=1S/C11H23N/c1-5-6-7-9-12(4)10-8-11(2)3/h2,5-10H2,1,3-4H3. The van der Waals surface area contributed by atoms with E-state index in [9.17, 15) is 0 Å². The lowest BCUT2D eigenvalue weighted by atomic mass is 10.2. The summed E-state index contributed by atoms with van der Waals surface area (Å²) in [6.07, 6.45) is 5.15. The van der Waals surface area contributed by atoms with Gasteiger partial charge in [-0.15, -0.1) is 6.58 Å². The van der Waals surface area contributed by atoms with E-state index >= 15 is 0 Å². The van der Waals surface area contributed by atoms with Gasteiger partial charge >= 0.3 is 0 Å². The highest BCUT2D eigenvalue weighted by Crippen LogP contribution is 2.00. The predicted molar refractivity (Wildman–Crippen MR) is 56.5 cm³/mol. The van der Waals surface area contributed by atoms with Crippen molar-refractivity contribution >= 4 is 0 Å². The lowest BCUT2D eigenvalue weighted by Gasteiger charge is -2.15. The second-order valence-corrected chi connectivity index (χ2v) is 3.72. The third-order valence-corrected chi connectivity index (χ3v) is 2.06. The molecule has 0 atom stereocenters. The summed E-state index contributed by atoms with van der Waals surface area (Å²) in [5, 5.41) is 0. The molecular formula is C11H23N. The summed E-state index contributed by atoms with van der Waals surface area (Å²) in [6.45, 7) is 10.6. The fraction of sp³-hybridized carbons (Fsp3) is 0.818. The molecule has 0 radical (unpaired) electrons. The van der Waals surface area contributed by atoms with Gasteiger partial charge in [0.2, 0.25) is 0 Å². The zero-order valence-electron chi connectivity index (χ0n) is 8.90. The molecule has 0 heterocycles. The van der Waals surface area contributed by atoms with Crippen LogP contribution in [0.4, 0.5) is 0 Å². The van der Waals surface area contributed by atoms with Gasteiger partial charge in [-0.25, -0.2) is 0 Å². The van der Waals surface area contributed by atoms with Gasteiger partial charge in [0, 0.05) is 6.54 Å². The van der Waals surface area contributed by atoms with E-state index < -0.39 is 0 Å². The van der Waals surface area contributed by atoms with Crippen molar-refractivity contribution in [2.75, 3.05) is 20.1 Å². The van der Waals surface area contributed by atoms with Crippen molar-refractivity contribution in [2.24, 2.45) is 0 Å². The summed E-state index contributed by atoms with van der Waals surface area (Å²) in [6, 6.07) is 0. The van der Waals surface area contributed by atoms with E-state index in [0.717, 1.165) is 6.42 Å². The Hall–Kier alpha value is -0.300. The number of unbranched alkanes of at least 4 members (excludes halogenated alkanes) is 2. The smallest absolute Gasteiger partial charge is 0.00153 e. The Morgan fingerprint density at radius 1 is 1.25 bits per heavy atom.